The summed E-state index contributed by atoms with van der Waals surface area (Å²) in [5.41, 5.74) is 0.509. The number of nitrogens with zero attached hydrogens (tertiary/aromatic N) is 3. The fourth-order valence-corrected chi connectivity index (χ4v) is 3.94. The van der Waals surface area contributed by atoms with Crippen LogP contribution in [0, 0.1) is 10.1 Å². The summed E-state index contributed by atoms with van der Waals surface area (Å²) in [5, 5.41) is 10.9. The Morgan fingerprint density at radius 3 is 2.15 bits per heavy atom. The Morgan fingerprint density at radius 2 is 1.58 bits per heavy atom. The molecule has 136 valence electrons. The smallest absolute Gasteiger partial charge is 0.284 e. The molecule has 1 saturated heterocycles. The minimum absolute atomic E-state index is 0.0438. The van der Waals surface area contributed by atoms with Crippen LogP contribution in [0.4, 0.5) is 5.69 Å². The van der Waals surface area contributed by atoms with Gasteiger partial charge in [0, 0.05) is 30.8 Å². The van der Waals surface area contributed by atoms with Gasteiger partial charge in [-0.2, -0.15) is 8.42 Å². The maximum absolute atomic E-state index is 12.7. The molecule has 0 spiro atoms. The molecule has 0 amide bonds. The number of non-ortho nitro benzene ring substituents is 1. The Hall–Kier alpha value is -2.74. The van der Waals surface area contributed by atoms with Crippen molar-refractivity contribution < 1.29 is 13.3 Å². The highest BCUT2D eigenvalue weighted by Crippen LogP contribution is 2.20. The molecular formula is C18H19N3O4S. The first-order chi connectivity index (χ1) is 12.5. The Balaban J connectivity index is 2.04. The molecular weight excluding hydrogens is 354 g/mol. The van der Waals surface area contributed by atoms with E-state index in [0.717, 1.165) is 19.3 Å². The number of amidine groups is 1. The average molecular weight is 373 g/mol. The van der Waals surface area contributed by atoms with Crippen LogP contribution in [0.1, 0.15) is 24.8 Å². The Bertz CT molecular complexity index is 903. The maximum atomic E-state index is 12.7. The predicted molar refractivity (Wildman–Crippen MR) is 98.7 cm³/mol. The van der Waals surface area contributed by atoms with E-state index < -0.39 is 14.9 Å². The minimum atomic E-state index is -3.87. The fraction of sp³-hybridized carbons (Fsp3) is 0.278. The van der Waals surface area contributed by atoms with E-state index in [0.29, 0.717) is 24.5 Å². The van der Waals surface area contributed by atoms with Crippen molar-refractivity contribution in [3.8, 4) is 0 Å². The van der Waals surface area contributed by atoms with Gasteiger partial charge >= 0.3 is 0 Å². The summed E-state index contributed by atoms with van der Waals surface area (Å²) in [6, 6.07) is 13.9. The van der Waals surface area contributed by atoms with Gasteiger partial charge in [0.2, 0.25) is 0 Å². The molecule has 0 saturated carbocycles. The van der Waals surface area contributed by atoms with Gasteiger partial charge in [0.1, 0.15) is 5.84 Å². The third-order valence-corrected chi connectivity index (χ3v) is 5.52. The van der Waals surface area contributed by atoms with Crippen LogP contribution in [0.2, 0.25) is 0 Å². The fourth-order valence-electron chi connectivity index (χ4n) is 2.89. The summed E-state index contributed by atoms with van der Waals surface area (Å²) in [5.74, 6) is 0.337. The number of rotatable bonds is 4. The standard InChI is InChI=1S/C18H19N3O4S/c22-21(23)16-11-9-15(10-12-16)18(20-13-5-2-6-14-20)19-26(24,25)17-7-3-1-4-8-17/h1,3-4,7-12H,2,5-6,13-14H2/b19-18+. The van der Waals surface area contributed by atoms with Crippen molar-refractivity contribution in [2.75, 3.05) is 13.1 Å². The van der Waals surface area contributed by atoms with Crippen LogP contribution in [0.15, 0.2) is 63.9 Å². The largest absolute Gasteiger partial charge is 0.355 e. The minimum Gasteiger partial charge on any atom is -0.355 e. The molecule has 0 unspecified atom stereocenters. The van der Waals surface area contributed by atoms with Gasteiger partial charge < -0.3 is 4.90 Å². The van der Waals surface area contributed by atoms with E-state index in [4.69, 9.17) is 0 Å². The molecule has 2 aromatic rings. The normalized spacial score (nSPS) is 15.7. The van der Waals surface area contributed by atoms with Crippen molar-refractivity contribution in [3.05, 3.63) is 70.3 Å². The number of sulfonamides is 1. The number of hydrogen-bond donors (Lipinski definition) is 0. The molecule has 0 radical (unpaired) electrons. The van der Waals surface area contributed by atoms with Gasteiger partial charge in [-0.1, -0.05) is 18.2 Å². The van der Waals surface area contributed by atoms with Crippen LogP contribution in [-0.4, -0.2) is 37.2 Å². The molecule has 0 aliphatic carbocycles. The molecule has 26 heavy (non-hydrogen) atoms. The molecule has 1 aliphatic heterocycles. The van der Waals surface area contributed by atoms with Crippen molar-refractivity contribution in [3.63, 3.8) is 0 Å². The zero-order valence-electron chi connectivity index (χ0n) is 14.1. The number of nitro groups is 1. The number of hydrogen-bond acceptors (Lipinski definition) is 4. The van der Waals surface area contributed by atoms with E-state index in [1.54, 1.807) is 30.3 Å². The molecule has 0 N–H and O–H groups in total. The highest BCUT2D eigenvalue weighted by molar-refractivity contribution is 7.90. The van der Waals surface area contributed by atoms with E-state index in [2.05, 4.69) is 4.40 Å². The van der Waals surface area contributed by atoms with Crippen LogP contribution in [0.5, 0.6) is 0 Å². The monoisotopic (exact) mass is 373 g/mol. The first-order valence-electron chi connectivity index (χ1n) is 8.37. The lowest BCUT2D eigenvalue weighted by Gasteiger charge is -2.29. The number of piperidine rings is 1. The highest BCUT2D eigenvalue weighted by atomic mass is 32.2. The van der Waals surface area contributed by atoms with E-state index in [1.807, 2.05) is 4.90 Å². The molecule has 0 aromatic heterocycles. The summed E-state index contributed by atoms with van der Waals surface area (Å²) in [4.78, 5) is 12.4. The molecule has 1 aliphatic rings. The van der Waals surface area contributed by atoms with Gasteiger partial charge in [0.05, 0.1) is 9.82 Å². The molecule has 7 nitrogen and oxygen atoms in total. The van der Waals surface area contributed by atoms with Gasteiger partial charge in [-0.05, 0) is 43.5 Å². The topological polar surface area (TPSA) is 92.9 Å². The second-order valence-corrected chi connectivity index (χ2v) is 7.66. The SMILES string of the molecule is O=[N+]([O-])c1ccc(/C(=N\S(=O)(=O)c2ccccc2)N2CCCCC2)cc1. The van der Waals surface area contributed by atoms with Crippen LogP contribution in [0.25, 0.3) is 0 Å². The quantitative estimate of drug-likeness (QED) is 0.355. The van der Waals surface area contributed by atoms with Gasteiger partial charge in [-0.3, -0.25) is 10.1 Å². The first-order valence-corrected chi connectivity index (χ1v) is 9.81. The lowest BCUT2D eigenvalue weighted by molar-refractivity contribution is -0.384. The lowest BCUT2D eigenvalue weighted by Crippen LogP contribution is -2.36. The van der Waals surface area contributed by atoms with E-state index in [9.17, 15) is 18.5 Å². The molecule has 3 rings (SSSR count). The highest BCUT2D eigenvalue weighted by Gasteiger charge is 2.22. The third kappa shape index (κ3) is 4.08. The maximum Gasteiger partial charge on any atom is 0.284 e. The molecule has 1 heterocycles. The van der Waals surface area contributed by atoms with Crippen molar-refractivity contribution in [1.82, 2.24) is 4.90 Å². The second kappa shape index (κ2) is 7.65. The number of nitro benzene ring substituents is 1. The first kappa shape index (κ1) is 18.1. The molecule has 1 fully saturated rings. The van der Waals surface area contributed by atoms with E-state index in [1.165, 1.54) is 24.3 Å². The Kier molecular flexibility index (Phi) is 5.32. The predicted octanol–water partition coefficient (Wildman–Crippen LogP) is 3.22. The molecule has 8 heteroatoms. The van der Waals surface area contributed by atoms with Crippen molar-refractivity contribution in [2.45, 2.75) is 24.2 Å². The van der Waals surface area contributed by atoms with Gasteiger partial charge in [-0.15, -0.1) is 4.40 Å². The molecule has 0 bridgehead atoms. The van der Waals surface area contributed by atoms with Crippen LogP contribution in [0.3, 0.4) is 0 Å². The van der Waals surface area contributed by atoms with Gasteiger partial charge in [0.25, 0.3) is 15.7 Å². The van der Waals surface area contributed by atoms with Gasteiger partial charge in [0.15, 0.2) is 0 Å². The van der Waals surface area contributed by atoms with Crippen LogP contribution >= 0.6 is 0 Å². The third-order valence-electron chi connectivity index (χ3n) is 4.24. The van der Waals surface area contributed by atoms with Crippen molar-refractivity contribution >= 4 is 21.5 Å². The lowest BCUT2D eigenvalue weighted by atomic mass is 10.1. The summed E-state index contributed by atoms with van der Waals surface area (Å²) in [6.45, 7) is 1.42. The van der Waals surface area contributed by atoms with Crippen LogP contribution < -0.4 is 0 Å². The second-order valence-electron chi connectivity index (χ2n) is 6.05. The zero-order valence-corrected chi connectivity index (χ0v) is 14.9. The zero-order chi connectivity index (χ0) is 18.6. The summed E-state index contributed by atoms with van der Waals surface area (Å²) >= 11 is 0. The van der Waals surface area contributed by atoms with Crippen molar-refractivity contribution in [2.24, 2.45) is 4.40 Å². The Morgan fingerprint density at radius 1 is 0.962 bits per heavy atom. The molecule has 0 atom stereocenters. The van der Waals surface area contributed by atoms with E-state index in [-0.39, 0.29) is 10.6 Å². The van der Waals surface area contributed by atoms with Crippen molar-refractivity contribution in [1.29, 1.82) is 0 Å². The number of benzene rings is 2. The van der Waals surface area contributed by atoms with Gasteiger partial charge in [-0.25, -0.2) is 0 Å². The van der Waals surface area contributed by atoms with E-state index >= 15 is 0 Å². The summed E-state index contributed by atoms with van der Waals surface area (Å²) < 4.78 is 29.5. The average Bonchev–Trinajstić information content (AvgIpc) is 2.68. The van der Waals surface area contributed by atoms with Crippen LogP contribution in [-0.2, 0) is 10.0 Å². The molecule has 2 aromatic carbocycles. The summed E-state index contributed by atoms with van der Waals surface area (Å²) in [7, 11) is -3.87. The summed E-state index contributed by atoms with van der Waals surface area (Å²) in [6.07, 6.45) is 3.00. The Labute approximate surface area is 152 Å². The number of likely N-dealkylation sites (tertiary alicyclic amines) is 1.